The topological polar surface area (TPSA) is 56.1 Å². The van der Waals surface area contributed by atoms with E-state index in [-0.39, 0.29) is 6.10 Å². The molecule has 118 valence electrons. The second-order valence-electron chi connectivity index (χ2n) is 6.00. The molecular formula is C16H23N5O. The highest BCUT2D eigenvalue weighted by atomic mass is 16.5. The molecule has 1 fully saturated rings. The van der Waals surface area contributed by atoms with E-state index in [9.17, 15) is 0 Å². The molecule has 1 atom stereocenters. The Bertz CT molecular complexity index is 646. The second-order valence-corrected chi connectivity index (χ2v) is 6.00. The fraction of sp³-hybridized carbons (Fsp3) is 0.562. The normalized spacial score (nSPS) is 18.7. The zero-order chi connectivity index (χ0) is 15.7. The molecule has 0 N–H and O–H groups in total. The summed E-state index contributed by atoms with van der Waals surface area (Å²) in [4.78, 5) is 11.3. The number of morpholine rings is 1. The minimum atomic E-state index is 0.108. The van der Waals surface area contributed by atoms with Crippen molar-refractivity contribution in [2.45, 2.75) is 40.3 Å². The van der Waals surface area contributed by atoms with Crippen LogP contribution in [0.1, 0.15) is 22.8 Å². The summed E-state index contributed by atoms with van der Waals surface area (Å²) in [6.07, 6.45) is 0.108. The molecule has 3 rings (SSSR count). The molecule has 1 unspecified atom stereocenters. The molecule has 22 heavy (non-hydrogen) atoms. The predicted molar refractivity (Wildman–Crippen MR) is 85.2 cm³/mol. The van der Waals surface area contributed by atoms with Crippen LogP contribution in [0.25, 0.3) is 0 Å². The Hall–Kier alpha value is -1.95. The Balaban J connectivity index is 1.72. The summed E-state index contributed by atoms with van der Waals surface area (Å²) in [6.45, 7) is 11.2. The van der Waals surface area contributed by atoms with Gasteiger partial charge >= 0.3 is 0 Å². The molecule has 3 heterocycles. The van der Waals surface area contributed by atoms with Crippen LogP contribution in [0, 0.1) is 27.7 Å². The van der Waals surface area contributed by atoms with Gasteiger partial charge in [0.05, 0.1) is 24.9 Å². The Morgan fingerprint density at radius 2 is 1.82 bits per heavy atom. The summed E-state index contributed by atoms with van der Waals surface area (Å²) < 4.78 is 7.92. The molecule has 0 bridgehead atoms. The van der Waals surface area contributed by atoms with Crippen LogP contribution in [-0.2, 0) is 11.3 Å². The maximum atomic E-state index is 5.90. The van der Waals surface area contributed by atoms with E-state index < -0.39 is 0 Å². The molecule has 2 aromatic heterocycles. The van der Waals surface area contributed by atoms with E-state index in [4.69, 9.17) is 4.74 Å². The molecule has 2 aromatic rings. The Morgan fingerprint density at radius 1 is 1.09 bits per heavy atom. The van der Waals surface area contributed by atoms with Gasteiger partial charge in [0.15, 0.2) is 0 Å². The SMILES string of the molecule is Cc1cc(C)nc(N2CCOC(Cn3nc(C)cc3C)C2)n1. The fourth-order valence-corrected chi connectivity index (χ4v) is 2.91. The van der Waals surface area contributed by atoms with Crippen LogP contribution >= 0.6 is 0 Å². The van der Waals surface area contributed by atoms with Crippen molar-refractivity contribution < 1.29 is 4.74 Å². The second kappa shape index (κ2) is 6.04. The van der Waals surface area contributed by atoms with Crippen LogP contribution in [0.2, 0.25) is 0 Å². The van der Waals surface area contributed by atoms with Gasteiger partial charge in [0.25, 0.3) is 0 Å². The van der Waals surface area contributed by atoms with E-state index in [1.807, 2.05) is 31.5 Å². The Kier molecular flexibility index (Phi) is 4.11. The number of nitrogens with zero attached hydrogens (tertiary/aromatic N) is 5. The van der Waals surface area contributed by atoms with Crippen molar-refractivity contribution in [3.05, 3.63) is 34.9 Å². The van der Waals surface area contributed by atoms with Crippen LogP contribution in [0.3, 0.4) is 0 Å². The molecule has 1 aliphatic rings. The van der Waals surface area contributed by atoms with Crippen molar-refractivity contribution in [3.63, 3.8) is 0 Å². The average Bonchev–Trinajstić information content (AvgIpc) is 2.76. The van der Waals surface area contributed by atoms with Gasteiger partial charge in [-0.15, -0.1) is 0 Å². The number of aryl methyl sites for hydroxylation is 4. The summed E-state index contributed by atoms with van der Waals surface area (Å²) in [5.41, 5.74) is 4.22. The molecule has 6 heteroatoms. The number of anilines is 1. The molecule has 0 radical (unpaired) electrons. The lowest BCUT2D eigenvalue weighted by Crippen LogP contribution is -2.45. The Labute approximate surface area is 131 Å². The third-order valence-corrected chi connectivity index (χ3v) is 3.87. The number of hydrogen-bond acceptors (Lipinski definition) is 5. The van der Waals surface area contributed by atoms with E-state index in [1.54, 1.807) is 0 Å². The van der Waals surface area contributed by atoms with Crippen LogP contribution in [0.4, 0.5) is 5.95 Å². The molecule has 0 saturated carbocycles. The molecular weight excluding hydrogens is 278 g/mol. The van der Waals surface area contributed by atoms with Crippen LogP contribution in [-0.4, -0.2) is 45.5 Å². The highest BCUT2D eigenvalue weighted by Gasteiger charge is 2.23. The van der Waals surface area contributed by atoms with Crippen molar-refractivity contribution >= 4 is 5.95 Å². The van der Waals surface area contributed by atoms with Crippen molar-refractivity contribution in [1.29, 1.82) is 0 Å². The number of ether oxygens (including phenoxy) is 1. The zero-order valence-corrected chi connectivity index (χ0v) is 13.7. The predicted octanol–water partition coefficient (Wildman–Crippen LogP) is 1.81. The first-order chi connectivity index (χ1) is 10.5. The highest BCUT2D eigenvalue weighted by molar-refractivity contribution is 5.33. The van der Waals surface area contributed by atoms with E-state index >= 15 is 0 Å². The van der Waals surface area contributed by atoms with Gasteiger partial charge in [0, 0.05) is 30.2 Å². The molecule has 0 aliphatic carbocycles. The smallest absolute Gasteiger partial charge is 0.225 e. The summed E-state index contributed by atoms with van der Waals surface area (Å²) in [5, 5.41) is 4.52. The first-order valence-corrected chi connectivity index (χ1v) is 7.71. The largest absolute Gasteiger partial charge is 0.373 e. The van der Waals surface area contributed by atoms with Gasteiger partial charge in [-0.05, 0) is 39.8 Å². The molecule has 1 saturated heterocycles. The summed E-state index contributed by atoms with van der Waals surface area (Å²) in [7, 11) is 0. The highest BCUT2D eigenvalue weighted by Crippen LogP contribution is 2.16. The van der Waals surface area contributed by atoms with Crippen LogP contribution in [0.15, 0.2) is 12.1 Å². The molecule has 0 amide bonds. The lowest BCUT2D eigenvalue weighted by atomic mass is 10.2. The average molecular weight is 301 g/mol. The number of hydrogen-bond donors (Lipinski definition) is 0. The monoisotopic (exact) mass is 301 g/mol. The summed E-state index contributed by atoms with van der Waals surface area (Å²) in [6, 6.07) is 4.09. The van der Waals surface area contributed by atoms with Crippen LogP contribution in [0.5, 0.6) is 0 Å². The van der Waals surface area contributed by atoms with Gasteiger partial charge < -0.3 is 9.64 Å². The standard InChI is InChI=1S/C16H23N5O/c1-11-7-12(2)18-16(17-11)20-5-6-22-15(9-20)10-21-14(4)8-13(3)19-21/h7-8,15H,5-6,9-10H2,1-4H3. The number of rotatable bonds is 3. The third kappa shape index (κ3) is 3.27. The number of aromatic nitrogens is 4. The maximum absolute atomic E-state index is 5.90. The van der Waals surface area contributed by atoms with Gasteiger partial charge in [-0.25, -0.2) is 9.97 Å². The lowest BCUT2D eigenvalue weighted by Gasteiger charge is -2.33. The van der Waals surface area contributed by atoms with Crippen molar-refractivity contribution in [2.24, 2.45) is 0 Å². The first-order valence-electron chi connectivity index (χ1n) is 7.71. The molecule has 6 nitrogen and oxygen atoms in total. The summed E-state index contributed by atoms with van der Waals surface area (Å²) in [5.74, 6) is 0.805. The third-order valence-electron chi connectivity index (χ3n) is 3.87. The summed E-state index contributed by atoms with van der Waals surface area (Å²) >= 11 is 0. The minimum Gasteiger partial charge on any atom is -0.373 e. The van der Waals surface area contributed by atoms with Gasteiger partial charge in [0.1, 0.15) is 0 Å². The van der Waals surface area contributed by atoms with Gasteiger partial charge in [0.2, 0.25) is 5.95 Å². The molecule has 1 aliphatic heterocycles. The van der Waals surface area contributed by atoms with E-state index in [0.29, 0.717) is 6.61 Å². The van der Waals surface area contributed by atoms with Crippen molar-refractivity contribution in [1.82, 2.24) is 19.7 Å². The first kappa shape index (κ1) is 15.0. The van der Waals surface area contributed by atoms with Crippen molar-refractivity contribution in [3.8, 4) is 0 Å². The minimum absolute atomic E-state index is 0.108. The van der Waals surface area contributed by atoms with E-state index in [2.05, 4.69) is 33.0 Å². The molecule has 0 aromatic carbocycles. The maximum Gasteiger partial charge on any atom is 0.225 e. The lowest BCUT2D eigenvalue weighted by molar-refractivity contribution is 0.0265. The van der Waals surface area contributed by atoms with Gasteiger partial charge in [-0.3, -0.25) is 4.68 Å². The Morgan fingerprint density at radius 3 is 2.45 bits per heavy atom. The van der Waals surface area contributed by atoms with Crippen LogP contribution < -0.4 is 4.90 Å². The van der Waals surface area contributed by atoms with E-state index in [0.717, 1.165) is 42.7 Å². The fourth-order valence-electron chi connectivity index (χ4n) is 2.91. The van der Waals surface area contributed by atoms with Gasteiger partial charge in [-0.1, -0.05) is 0 Å². The van der Waals surface area contributed by atoms with Gasteiger partial charge in [-0.2, -0.15) is 5.10 Å². The quantitative estimate of drug-likeness (QED) is 0.865. The molecule has 0 spiro atoms. The zero-order valence-electron chi connectivity index (χ0n) is 13.7. The van der Waals surface area contributed by atoms with E-state index in [1.165, 1.54) is 5.69 Å². The van der Waals surface area contributed by atoms with Crippen molar-refractivity contribution in [2.75, 3.05) is 24.6 Å².